The van der Waals surface area contributed by atoms with E-state index in [9.17, 15) is 34.8 Å². The number of nitriles is 2. The molecule has 0 aliphatic rings. The summed E-state index contributed by atoms with van der Waals surface area (Å²) in [5, 5.41) is 29.5. The molecule has 9 aromatic rings. The summed E-state index contributed by atoms with van der Waals surface area (Å²) in [7, 11) is 7.86. The first kappa shape index (κ1) is 75.7. The van der Waals surface area contributed by atoms with Crippen molar-refractivity contribution in [1.82, 2.24) is 13.7 Å². The van der Waals surface area contributed by atoms with E-state index in [0.717, 1.165) is 96.0 Å². The smallest absolute Gasteiger partial charge is 0.306 e. The number of carboxylic acid groups (broad SMARTS) is 1. The number of carbonyl (C=O) groups excluding carboxylic acids is 3. The Morgan fingerprint density at radius 1 is 0.495 bits per heavy atom. The van der Waals surface area contributed by atoms with Crippen LogP contribution < -0.4 is 21.3 Å². The number of aryl methyl sites for hydroxylation is 6. The number of hydrogen-bond donors (Lipinski definition) is 3. The summed E-state index contributed by atoms with van der Waals surface area (Å²) in [5.74, 6) is -1.79. The molecule has 0 bridgehead atoms. The van der Waals surface area contributed by atoms with Crippen molar-refractivity contribution < 1.29 is 33.8 Å². The zero-order valence-corrected chi connectivity index (χ0v) is 54.1. The third-order valence-electron chi connectivity index (χ3n) is 14.8. The van der Waals surface area contributed by atoms with Gasteiger partial charge >= 0.3 is 17.9 Å². The van der Waals surface area contributed by atoms with Gasteiger partial charge in [0.2, 0.25) is 5.91 Å². The number of esters is 2. The molecule has 93 heavy (non-hydrogen) atoms. The number of carboxylic acids is 1. The van der Waals surface area contributed by atoms with Gasteiger partial charge in [-0.2, -0.15) is 10.5 Å². The third kappa shape index (κ3) is 18.7. The molecule has 0 saturated heterocycles. The Labute approximate surface area is 562 Å². The number of ether oxygens (including phenoxy) is 2. The van der Waals surface area contributed by atoms with Gasteiger partial charge in [-0.25, -0.2) is 0 Å². The first-order chi connectivity index (χ1) is 43.0. The van der Waals surface area contributed by atoms with Crippen molar-refractivity contribution in [3.63, 3.8) is 0 Å². The first-order valence-electron chi connectivity index (χ1n) is 29.1. The van der Waals surface area contributed by atoms with Gasteiger partial charge in [0.15, 0.2) is 0 Å². The third-order valence-corrected chi connectivity index (χ3v) is 15.5. The van der Waals surface area contributed by atoms with Crippen molar-refractivity contribution in [3.8, 4) is 63.0 Å². The molecule has 0 unspecified atom stereocenters. The van der Waals surface area contributed by atoms with Crippen molar-refractivity contribution >= 4 is 75.7 Å². The van der Waals surface area contributed by atoms with Crippen molar-refractivity contribution in [3.05, 3.63) is 211 Å². The SMILES string of the molecule is C.C.C.CCOC(=O)CCc1ccc(-c2ccc(Cl)cc2N(C)C)n1-c1ccc(C#N)cc1C.CCOC(=O)CCc1ccc(-c2ccc(Cl)cc2N)n1-c1ccc(C#N)cc1C.Cc1cc(C(N)=O)ccc1-n1c(CCC(=O)O)ccc1-c1ccc(Cl)cc1N(C)C. The van der Waals surface area contributed by atoms with Gasteiger partial charge in [0.1, 0.15) is 0 Å². The van der Waals surface area contributed by atoms with Crippen LogP contribution in [0.1, 0.15) is 111 Å². The van der Waals surface area contributed by atoms with Crippen molar-refractivity contribution in [1.29, 1.82) is 10.5 Å². The van der Waals surface area contributed by atoms with E-state index in [1.165, 1.54) is 0 Å². The molecule has 0 fully saturated rings. The number of aliphatic carboxylic acids is 1. The van der Waals surface area contributed by atoms with Crippen molar-refractivity contribution in [2.45, 2.75) is 95.4 Å². The molecule has 3 heterocycles. The number of aromatic nitrogens is 3. The van der Waals surface area contributed by atoms with Crippen LogP contribution in [-0.4, -0.2) is 84.0 Å². The van der Waals surface area contributed by atoms with Crippen LogP contribution >= 0.6 is 34.8 Å². The van der Waals surface area contributed by atoms with Crippen LogP contribution in [0.3, 0.4) is 0 Å². The molecule has 6 aromatic carbocycles. The quantitative estimate of drug-likeness (QED) is 0.0478. The van der Waals surface area contributed by atoms with Crippen molar-refractivity contribution in [2.24, 2.45) is 5.73 Å². The fraction of sp³-hybridized carbons (Fsp3) is 0.270. The lowest BCUT2D eigenvalue weighted by atomic mass is 10.1. The average Bonchev–Trinajstić information content (AvgIpc) is 1.71. The van der Waals surface area contributed by atoms with E-state index in [0.29, 0.717) is 76.3 Å². The monoisotopic (exact) mass is 1320 g/mol. The summed E-state index contributed by atoms with van der Waals surface area (Å²) >= 11 is 18.6. The minimum absolute atomic E-state index is 0. The zero-order chi connectivity index (χ0) is 65.5. The summed E-state index contributed by atoms with van der Waals surface area (Å²) in [6, 6.07) is 49.8. The van der Waals surface area contributed by atoms with Gasteiger partial charge in [0.05, 0.1) is 72.8 Å². The van der Waals surface area contributed by atoms with Crippen LogP contribution in [-0.2, 0) is 43.1 Å². The largest absolute Gasteiger partial charge is 0.481 e. The number of carbonyl (C=O) groups is 4. The normalized spacial score (nSPS) is 10.3. The van der Waals surface area contributed by atoms with E-state index in [4.69, 9.17) is 55.7 Å². The molecule has 5 N–H and O–H groups in total. The maximum atomic E-state index is 12.0. The van der Waals surface area contributed by atoms with Crippen molar-refractivity contribution in [2.75, 3.05) is 56.9 Å². The van der Waals surface area contributed by atoms with Gasteiger partial charge in [-0.1, -0.05) is 57.1 Å². The fourth-order valence-electron chi connectivity index (χ4n) is 10.6. The summed E-state index contributed by atoms with van der Waals surface area (Å²) in [6.07, 6.45) is 2.03. The highest BCUT2D eigenvalue weighted by Gasteiger charge is 2.22. The topological polar surface area (TPSA) is 228 Å². The van der Waals surface area contributed by atoms with Gasteiger partial charge in [-0.05, 0) is 216 Å². The molecule has 0 atom stereocenters. The standard InChI is InChI=1S/C25H26ClN3O2.C23H24ClN3O3.C23H22ClN3O2.3CH4/c1-5-31-25(30)13-9-20-8-12-23(21-10-7-19(26)15-24(21)28(3)4)29(20)22-11-6-18(16-27)14-17(22)2;1-14-12-15(23(25)30)4-9-19(14)27-17(7-11-22(28)29)6-10-20(27)18-8-5-16(24)13-21(18)26(2)3;1-3-29-23(28)11-7-18-6-10-22(19-8-5-17(24)13-20(19)26)27(18)21-9-4-16(14-25)12-15(21)2;;;/h6-8,10-12,14-15H,5,9,13H2,1-4H3;4-6,8-10,12-13H,7,11H2,1-3H3,(H2,25,30)(H,28,29);4-6,8-10,12-13H,3,7,11,26H2,1-2H3;3*1H4. The number of nitrogen functional groups attached to an aromatic ring is 1. The van der Waals surface area contributed by atoms with E-state index >= 15 is 0 Å². The van der Waals surface area contributed by atoms with Gasteiger partial charge in [0.25, 0.3) is 0 Å². The molecule has 19 heteroatoms. The molecule has 0 radical (unpaired) electrons. The summed E-state index contributed by atoms with van der Waals surface area (Å²) < 4.78 is 16.5. The molecule has 16 nitrogen and oxygen atoms in total. The van der Waals surface area contributed by atoms with Gasteiger partial charge in [-0.3, -0.25) is 19.2 Å². The van der Waals surface area contributed by atoms with Gasteiger partial charge in [-0.15, -0.1) is 0 Å². The highest BCUT2D eigenvalue weighted by atomic mass is 35.5. The summed E-state index contributed by atoms with van der Waals surface area (Å²) in [6.45, 7) is 10.2. The van der Waals surface area contributed by atoms with Crippen LogP contribution in [0.25, 0.3) is 50.8 Å². The molecule has 3 aromatic heterocycles. The van der Waals surface area contributed by atoms with E-state index < -0.39 is 11.9 Å². The number of primary amides is 1. The van der Waals surface area contributed by atoms with Crippen LogP contribution in [0.2, 0.25) is 15.1 Å². The number of nitrogens with two attached hydrogens (primary N) is 2. The lowest BCUT2D eigenvalue weighted by Crippen LogP contribution is -2.13. The molecular formula is C74H84Cl3N9O7. The molecule has 9 rings (SSSR count). The number of amides is 1. The fourth-order valence-corrected chi connectivity index (χ4v) is 11.1. The first-order valence-corrected chi connectivity index (χ1v) is 30.2. The van der Waals surface area contributed by atoms with E-state index in [2.05, 4.69) is 27.3 Å². The van der Waals surface area contributed by atoms with Gasteiger partial charge < -0.3 is 49.5 Å². The zero-order valence-electron chi connectivity index (χ0n) is 51.8. The van der Waals surface area contributed by atoms with Gasteiger partial charge in [0, 0.05) is 117 Å². The second kappa shape index (κ2) is 34.6. The Hall–Kier alpha value is -9.71. The van der Waals surface area contributed by atoms with Crippen LogP contribution in [0.5, 0.6) is 0 Å². The lowest BCUT2D eigenvalue weighted by molar-refractivity contribution is -0.144. The Balaban J connectivity index is 0.000000293. The molecule has 0 saturated carbocycles. The Morgan fingerprint density at radius 3 is 1.18 bits per heavy atom. The molecule has 0 aliphatic heterocycles. The lowest BCUT2D eigenvalue weighted by Gasteiger charge is -2.21. The number of anilines is 3. The molecule has 1 amide bonds. The molecule has 0 aliphatic carbocycles. The molecular weight excluding hydrogens is 1230 g/mol. The van der Waals surface area contributed by atoms with Crippen LogP contribution in [0.4, 0.5) is 17.1 Å². The Kier molecular flexibility index (Phi) is 28.2. The Morgan fingerprint density at radius 2 is 0.849 bits per heavy atom. The minimum Gasteiger partial charge on any atom is -0.481 e. The van der Waals surface area contributed by atoms with Crippen LogP contribution in [0, 0.1) is 43.4 Å². The number of halogens is 3. The maximum absolute atomic E-state index is 12.0. The highest BCUT2D eigenvalue weighted by Crippen LogP contribution is 2.39. The number of rotatable bonds is 20. The van der Waals surface area contributed by atoms with E-state index in [-0.39, 0.29) is 47.1 Å². The average molecular weight is 1320 g/mol. The Bertz CT molecular complexity index is 4200. The number of hydrogen-bond acceptors (Lipinski definition) is 11. The maximum Gasteiger partial charge on any atom is 0.306 e. The minimum atomic E-state index is -0.856. The predicted molar refractivity (Wildman–Crippen MR) is 380 cm³/mol. The second-order valence-electron chi connectivity index (χ2n) is 21.6. The molecule has 488 valence electrons. The number of nitrogens with zero attached hydrogens (tertiary/aromatic N) is 7. The predicted octanol–water partition coefficient (Wildman–Crippen LogP) is 16.8. The van der Waals surface area contributed by atoms with E-state index in [1.54, 1.807) is 37.3 Å². The highest BCUT2D eigenvalue weighted by molar-refractivity contribution is 6.31. The second-order valence-corrected chi connectivity index (χ2v) is 22.9. The molecule has 0 spiro atoms. The summed E-state index contributed by atoms with van der Waals surface area (Å²) in [4.78, 5) is 50.6. The van der Waals surface area contributed by atoms with Crippen LogP contribution in [0.15, 0.2) is 146 Å². The number of benzene rings is 6. The van der Waals surface area contributed by atoms with E-state index in [1.807, 2.05) is 179 Å². The summed E-state index contributed by atoms with van der Waals surface area (Å²) in [5.41, 5.74) is 29.8.